The van der Waals surface area contributed by atoms with Crippen molar-refractivity contribution in [3.8, 4) is 0 Å². The lowest BCUT2D eigenvalue weighted by Gasteiger charge is -2.40. The Kier molecular flexibility index (Phi) is 4.77. The molecular weight excluding hydrogens is 449 g/mol. The van der Waals surface area contributed by atoms with Crippen LogP contribution in [-0.4, -0.2) is 19.4 Å². The third-order valence-corrected chi connectivity index (χ3v) is 8.06. The van der Waals surface area contributed by atoms with E-state index in [1.807, 2.05) is 18.2 Å². The van der Waals surface area contributed by atoms with Gasteiger partial charge in [-0.05, 0) is 48.4 Å². The van der Waals surface area contributed by atoms with Crippen molar-refractivity contribution >= 4 is 58.7 Å². The number of anilines is 3. The van der Waals surface area contributed by atoms with Gasteiger partial charge in [-0.3, -0.25) is 9.59 Å². The van der Waals surface area contributed by atoms with Crippen LogP contribution in [0.15, 0.2) is 78.4 Å². The van der Waals surface area contributed by atoms with Crippen LogP contribution in [-0.2, 0) is 5.41 Å². The smallest absolute Gasteiger partial charge is 0.197 e. The van der Waals surface area contributed by atoms with Crippen LogP contribution in [0.3, 0.4) is 0 Å². The quantitative estimate of drug-likeness (QED) is 0.192. The number of thiophene rings is 1. The molecular formula is C30H22BNO2S. The van der Waals surface area contributed by atoms with E-state index < -0.39 is 0 Å². The van der Waals surface area contributed by atoms with E-state index in [4.69, 9.17) is 7.85 Å². The highest BCUT2D eigenvalue weighted by Crippen LogP contribution is 2.55. The van der Waals surface area contributed by atoms with Crippen molar-refractivity contribution in [3.05, 3.63) is 111 Å². The lowest BCUT2D eigenvalue weighted by Crippen LogP contribution is -2.29. The molecule has 1 aliphatic carbocycles. The molecule has 0 atom stereocenters. The van der Waals surface area contributed by atoms with E-state index in [0.29, 0.717) is 16.6 Å². The normalized spacial score (nSPS) is 16.9. The maximum absolute atomic E-state index is 13.1. The third kappa shape index (κ3) is 3.26. The van der Waals surface area contributed by atoms with E-state index in [1.54, 1.807) is 35.6 Å². The zero-order chi connectivity index (χ0) is 24.5. The van der Waals surface area contributed by atoms with E-state index in [9.17, 15) is 9.59 Å². The summed E-state index contributed by atoms with van der Waals surface area (Å²) in [5, 5.41) is 1.10. The SMILES string of the molecule is [B]c1ccc2c(c1)C(=O)/C(=C/c1cc3c(s1)N(c1ccccc1)c1ccc(C)cc1C3(C)C)C2=O. The second kappa shape index (κ2) is 7.66. The predicted molar refractivity (Wildman–Crippen MR) is 144 cm³/mol. The number of fused-ring (bicyclic) bond motifs is 3. The van der Waals surface area contributed by atoms with Gasteiger partial charge in [-0.1, -0.05) is 73.4 Å². The Morgan fingerprint density at radius 2 is 1.60 bits per heavy atom. The molecule has 1 aliphatic heterocycles. The van der Waals surface area contributed by atoms with Crippen LogP contribution in [0.2, 0.25) is 0 Å². The minimum absolute atomic E-state index is 0.196. The molecule has 0 fully saturated rings. The van der Waals surface area contributed by atoms with E-state index in [2.05, 4.69) is 62.1 Å². The topological polar surface area (TPSA) is 37.4 Å². The van der Waals surface area contributed by atoms with Crippen LogP contribution >= 0.6 is 11.3 Å². The van der Waals surface area contributed by atoms with Crippen molar-refractivity contribution in [1.29, 1.82) is 0 Å². The van der Waals surface area contributed by atoms with Gasteiger partial charge in [0.25, 0.3) is 0 Å². The maximum Gasteiger partial charge on any atom is 0.197 e. The molecule has 1 aromatic heterocycles. The molecule has 0 bridgehead atoms. The van der Waals surface area contributed by atoms with Gasteiger partial charge in [-0.25, -0.2) is 0 Å². The molecule has 3 nitrogen and oxygen atoms in total. The molecule has 0 amide bonds. The van der Waals surface area contributed by atoms with Crippen LogP contribution < -0.4 is 10.4 Å². The Labute approximate surface area is 210 Å². The summed E-state index contributed by atoms with van der Waals surface area (Å²) in [6.45, 7) is 6.59. The molecule has 0 saturated heterocycles. The average Bonchev–Trinajstić information content (AvgIpc) is 3.36. The summed E-state index contributed by atoms with van der Waals surface area (Å²) in [4.78, 5) is 29.3. The van der Waals surface area contributed by atoms with Crippen molar-refractivity contribution in [2.45, 2.75) is 26.2 Å². The largest absolute Gasteiger partial charge is 0.301 e. The number of carbonyl (C=O) groups is 2. The number of carbonyl (C=O) groups excluding carboxylic acids is 2. The second-order valence-corrected chi connectivity index (χ2v) is 10.8. The van der Waals surface area contributed by atoms with E-state index >= 15 is 0 Å². The van der Waals surface area contributed by atoms with E-state index in [1.165, 1.54) is 16.7 Å². The summed E-state index contributed by atoms with van der Waals surface area (Å²) >= 11 is 1.60. The molecule has 168 valence electrons. The molecule has 5 heteroatoms. The number of allylic oxidation sites excluding steroid dienone is 1. The molecule has 35 heavy (non-hydrogen) atoms. The molecule has 6 rings (SSSR count). The lowest BCUT2D eigenvalue weighted by molar-refractivity contribution is 0.0990. The Morgan fingerprint density at radius 3 is 2.37 bits per heavy atom. The standard InChI is InChI=1S/C30H22BNO2S/c1-17-9-12-26-24(13-17)30(2,3)25-16-20(35-29(25)32(26)19-7-5-4-6-8-19)15-23-27(33)21-11-10-18(31)14-22(21)28(23)34/h4-16H,1-3H3/b23-15+. The van der Waals surface area contributed by atoms with Gasteiger partial charge < -0.3 is 4.90 Å². The van der Waals surface area contributed by atoms with Crippen molar-refractivity contribution < 1.29 is 9.59 Å². The summed E-state index contributed by atoms with van der Waals surface area (Å²) in [6, 6.07) is 23.9. The second-order valence-electron chi connectivity index (χ2n) is 9.71. The molecule has 3 aromatic carbocycles. The minimum atomic E-state index is -0.262. The number of aryl methyl sites for hydroxylation is 1. The van der Waals surface area contributed by atoms with Crippen LogP contribution in [0.1, 0.15) is 56.1 Å². The predicted octanol–water partition coefficient (Wildman–Crippen LogP) is 6.42. The average molecular weight is 471 g/mol. The third-order valence-electron chi connectivity index (χ3n) is 7.00. The summed E-state index contributed by atoms with van der Waals surface area (Å²) in [6.07, 6.45) is 1.75. The van der Waals surface area contributed by atoms with Gasteiger partial charge in [0.15, 0.2) is 11.6 Å². The molecule has 2 heterocycles. The number of hydrogen-bond acceptors (Lipinski definition) is 4. The van der Waals surface area contributed by atoms with Crippen LogP contribution in [0.4, 0.5) is 16.4 Å². The highest BCUT2D eigenvalue weighted by Gasteiger charge is 2.39. The number of nitrogens with zero attached hydrogens (tertiary/aromatic N) is 1. The number of rotatable bonds is 2. The Bertz CT molecular complexity index is 1580. The van der Waals surface area contributed by atoms with Crippen molar-refractivity contribution in [1.82, 2.24) is 0 Å². The summed E-state index contributed by atoms with van der Waals surface area (Å²) in [5.74, 6) is -0.504. The Balaban J connectivity index is 1.53. The van der Waals surface area contributed by atoms with Gasteiger partial charge >= 0.3 is 0 Å². The van der Waals surface area contributed by atoms with Gasteiger partial charge in [0.05, 0.1) is 11.3 Å². The van der Waals surface area contributed by atoms with Crippen molar-refractivity contribution in [3.63, 3.8) is 0 Å². The first-order valence-electron chi connectivity index (χ1n) is 11.6. The van der Waals surface area contributed by atoms with Crippen molar-refractivity contribution in [2.24, 2.45) is 0 Å². The summed E-state index contributed by atoms with van der Waals surface area (Å²) in [7, 11) is 5.87. The van der Waals surface area contributed by atoms with Crippen molar-refractivity contribution in [2.75, 3.05) is 4.90 Å². The zero-order valence-corrected chi connectivity index (χ0v) is 20.6. The number of hydrogen-bond donors (Lipinski definition) is 0. The molecule has 0 saturated carbocycles. The maximum atomic E-state index is 13.1. The number of ketones is 2. The monoisotopic (exact) mass is 471 g/mol. The van der Waals surface area contributed by atoms with Crippen LogP contribution in [0.25, 0.3) is 6.08 Å². The first-order valence-corrected chi connectivity index (χ1v) is 12.4. The van der Waals surface area contributed by atoms with Gasteiger partial charge in [0.2, 0.25) is 0 Å². The molecule has 0 unspecified atom stereocenters. The van der Waals surface area contributed by atoms with Gasteiger partial charge in [0.1, 0.15) is 12.8 Å². The van der Waals surface area contributed by atoms with Crippen LogP contribution in [0.5, 0.6) is 0 Å². The number of benzene rings is 3. The molecule has 0 spiro atoms. The van der Waals surface area contributed by atoms with E-state index in [-0.39, 0.29) is 22.6 Å². The fourth-order valence-corrected chi connectivity index (χ4v) is 6.43. The Morgan fingerprint density at radius 1 is 0.857 bits per heavy atom. The number of para-hydroxylation sites is 1. The van der Waals surface area contributed by atoms with Gasteiger partial charge in [0, 0.05) is 27.1 Å². The number of Topliss-reactive ketones (excluding diaryl/α,β-unsaturated/α-hetero) is 2. The zero-order valence-electron chi connectivity index (χ0n) is 19.8. The summed E-state index contributed by atoms with van der Waals surface area (Å²) in [5.41, 5.74) is 7.11. The minimum Gasteiger partial charge on any atom is -0.301 e. The fraction of sp³-hybridized carbons (Fsp3) is 0.133. The first kappa shape index (κ1) is 21.8. The Hall–Kier alpha value is -3.70. The van der Waals surface area contributed by atoms with Gasteiger partial charge in [-0.15, -0.1) is 11.3 Å². The molecule has 0 N–H and O–H groups in total. The molecule has 2 radical (unpaired) electrons. The first-order chi connectivity index (χ1) is 16.8. The van der Waals surface area contributed by atoms with Crippen LogP contribution in [0, 0.1) is 6.92 Å². The molecule has 2 aliphatic rings. The lowest BCUT2D eigenvalue weighted by atomic mass is 9.75. The van der Waals surface area contributed by atoms with Gasteiger partial charge in [-0.2, -0.15) is 0 Å². The summed E-state index contributed by atoms with van der Waals surface area (Å²) < 4.78 is 0. The highest BCUT2D eigenvalue weighted by molar-refractivity contribution is 7.17. The molecule has 4 aromatic rings. The fourth-order valence-electron chi connectivity index (χ4n) is 5.13. The highest BCUT2D eigenvalue weighted by atomic mass is 32.1. The van der Waals surface area contributed by atoms with E-state index in [0.717, 1.165) is 21.3 Å².